The second-order valence-electron chi connectivity index (χ2n) is 7.70. The molecule has 0 aliphatic rings. The number of aromatic nitrogens is 1. The number of carbonyl (C=O) groups is 2. The summed E-state index contributed by atoms with van der Waals surface area (Å²) in [5.41, 5.74) is 12.7. The van der Waals surface area contributed by atoms with E-state index >= 15 is 0 Å². The number of anilines is 3. The molecule has 3 amide bonds. The molecule has 0 fully saturated rings. The van der Waals surface area contributed by atoms with Gasteiger partial charge in [-0.15, -0.1) is 0 Å². The number of hydrazine groups is 1. The average molecular weight is 615 g/mol. The van der Waals surface area contributed by atoms with Crippen LogP contribution >= 0.6 is 11.6 Å². The van der Waals surface area contributed by atoms with E-state index in [9.17, 15) is 14.7 Å². The fourth-order valence-electron chi connectivity index (χ4n) is 2.85. The van der Waals surface area contributed by atoms with Gasteiger partial charge in [0.25, 0.3) is 5.91 Å². The molecule has 2 aromatic carbocycles. The van der Waals surface area contributed by atoms with Crippen molar-refractivity contribution in [1.29, 1.82) is 0 Å². The lowest BCUT2D eigenvalue weighted by molar-refractivity contribution is 0.0957. The molecule has 0 aliphatic carbocycles. The number of hydrogen-bond acceptors (Lipinski definition) is 9. The van der Waals surface area contributed by atoms with Crippen LogP contribution in [-0.2, 0) is 0 Å². The summed E-state index contributed by atoms with van der Waals surface area (Å²) >= 11 is 6.07. The molecule has 1 aromatic heterocycles. The van der Waals surface area contributed by atoms with Gasteiger partial charge in [0.2, 0.25) is 0 Å². The summed E-state index contributed by atoms with van der Waals surface area (Å²) in [5, 5.41) is 18.5. The number of carbonyl (C=O) groups excluding carboxylic acids is 2. The van der Waals surface area contributed by atoms with Gasteiger partial charge in [0.15, 0.2) is 0 Å². The Labute approximate surface area is 258 Å². The molecule has 0 radical (unpaired) electrons. The summed E-state index contributed by atoms with van der Waals surface area (Å²) in [7, 11) is 3.37. The third kappa shape index (κ3) is 14.1. The highest BCUT2D eigenvalue weighted by molar-refractivity contribution is 6.31. The summed E-state index contributed by atoms with van der Waals surface area (Å²) in [6, 6.07) is 9.98. The monoisotopic (exact) mass is 614 g/mol. The number of halogens is 1. The first-order valence-electron chi connectivity index (χ1n) is 13.5. The van der Waals surface area contributed by atoms with Crippen molar-refractivity contribution in [3.63, 3.8) is 0 Å². The Balaban J connectivity index is 0.00000139. The number of rotatable bonds is 9. The fraction of sp³-hybridized carbons (Fsp3) is 0.267. The van der Waals surface area contributed by atoms with Gasteiger partial charge in [-0.3, -0.25) is 25.6 Å². The number of nitrogens with two attached hydrogens (primary N) is 1. The molecule has 0 spiro atoms. The Morgan fingerprint density at radius 2 is 1.74 bits per heavy atom. The van der Waals surface area contributed by atoms with Crippen molar-refractivity contribution in [3.05, 3.63) is 77.7 Å². The molecule has 0 saturated heterocycles. The first-order valence-corrected chi connectivity index (χ1v) is 13.9. The number of hydrogen-bond donors (Lipinski definition) is 7. The Morgan fingerprint density at radius 3 is 2.37 bits per heavy atom. The predicted molar refractivity (Wildman–Crippen MR) is 177 cm³/mol. The number of aryl methyl sites for hydroxylation is 1. The van der Waals surface area contributed by atoms with E-state index in [1.165, 1.54) is 43.7 Å². The molecule has 3 rings (SSSR count). The molecule has 0 aliphatic heterocycles. The van der Waals surface area contributed by atoms with Gasteiger partial charge in [-0.25, -0.2) is 4.79 Å². The summed E-state index contributed by atoms with van der Waals surface area (Å²) < 4.78 is 5.72. The number of pyridine rings is 1. The van der Waals surface area contributed by atoms with E-state index in [2.05, 4.69) is 43.4 Å². The lowest BCUT2D eigenvalue weighted by atomic mass is 10.2. The maximum atomic E-state index is 12.2. The van der Waals surface area contributed by atoms with Crippen molar-refractivity contribution in [2.45, 2.75) is 34.6 Å². The van der Waals surface area contributed by atoms with Gasteiger partial charge in [-0.1, -0.05) is 45.9 Å². The molecule has 0 saturated carbocycles. The number of nitrogen functional groups attached to an aromatic ring is 1. The number of nitrogens with zero attached hydrogens (tertiary/aromatic N) is 2. The highest BCUT2D eigenvalue weighted by atomic mass is 35.5. The fourth-order valence-corrected chi connectivity index (χ4v) is 3.01. The third-order valence-electron chi connectivity index (χ3n) is 4.79. The van der Waals surface area contributed by atoms with Crippen molar-refractivity contribution in [2.75, 3.05) is 37.1 Å². The Kier molecular flexibility index (Phi) is 19.4. The van der Waals surface area contributed by atoms with E-state index in [0.717, 1.165) is 12.1 Å². The summed E-state index contributed by atoms with van der Waals surface area (Å²) in [5.74, 6) is 0.231. The Bertz CT molecular complexity index is 1340. The highest BCUT2D eigenvalue weighted by Crippen LogP contribution is 2.31. The molecule has 0 unspecified atom stereocenters. The SMILES string of the molecule is C=CN=CCNC.CC.CC.CNC(=O)c1cc(Oc2ccc(O)c(NNC(=O)Nc3cc(Cl)c(C)cc3N)c2)ccn1. The molecule has 234 valence electrons. The molecular weight excluding hydrogens is 572 g/mol. The predicted octanol–water partition coefficient (Wildman–Crippen LogP) is 6.10. The number of aromatic hydroxyl groups is 1. The zero-order valence-corrected chi connectivity index (χ0v) is 26.5. The standard InChI is InChI=1S/C21H21ClN6O4.C5H10N2.2C2H6/c1-11-7-15(23)16(10-14(11)22)26-21(31)28-27-17-8-12(3-4-19(17)29)32-13-5-6-25-18(9-13)20(30)24-2;1-3-7-5-4-6-2;2*1-2/h3-10,27,29H,23H2,1-2H3,(H,24,30)(H2,26,28,31);3,5-6H,1,4H2,2H3;2*1-2H3. The van der Waals surface area contributed by atoms with Crippen molar-refractivity contribution < 1.29 is 19.4 Å². The lowest BCUT2D eigenvalue weighted by Crippen LogP contribution is -2.33. The normalized spacial score (nSPS) is 9.49. The molecule has 8 N–H and O–H groups in total. The number of aliphatic imine (C=N–C) groups is 1. The van der Waals surface area contributed by atoms with Crippen molar-refractivity contribution in [1.82, 2.24) is 21.0 Å². The van der Waals surface area contributed by atoms with E-state index in [1.807, 2.05) is 34.7 Å². The second kappa shape index (κ2) is 21.9. The van der Waals surface area contributed by atoms with E-state index in [1.54, 1.807) is 31.3 Å². The van der Waals surface area contributed by atoms with Crippen LogP contribution in [-0.4, -0.2) is 48.9 Å². The summed E-state index contributed by atoms with van der Waals surface area (Å²) in [4.78, 5) is 31.6. The quantitative estimate of drug-likeness (QED) is 0.0654. The molecule has 43 heavy (non-hydrogen) atoms. The molecule has 0 bridgehead atoms. The van der Waals surface area contributed by atoms with Gasteiger partial charge in [-0.2, -0.15) is 0 Å². The molecule has 0 atom stereocenters. The number of phenols is 1. The number of benzene rings is 2. The van der Waals surface area contributed by atoms with Gasteiger partial charge < -0.3 is 31.5 Å². The number of urea groups is 1. The number of amides is 3. The number of ether oxygens (including phenoxy) is 1. The van der Waals surface area contributed by atoms with E-state index in [4.69, 9.17) is 22.1 Å². The average Bonchev–Trinajstić information content (AvgIpc) is 3.02. The van der Waals surface area contributed by atoms with Crippen molar-refractivity contribution in [3.8, 4) is 17.2 Å². The Morgan fingerprint density at radius 1 is 1.07 bits per heavy atom. The molecule has 3 aromatic rings. The van der Waals surface area contributed by atoms with Crippen LogP contribution in [0.4, 0.5) is 21.9 Å². The summed E-state index contributed by atoms with van der Waals surface area (Å²) in [6.07, 6.45) is 4.71. The maximum Gasteiger partial charge on any atom is 0.337 e. The van der Waals surface area contributed by atoms with Gasteiger partial charge in [0, 0.05) is 49.4 Å². The zero-order valence-electron chi connectivity index (χ0n) is 25.7. The van der Waals surface area contributed by atoms with Crippen molar-refractivity contribution in [2.24, 2.45) is 4.99 Å². The number of nitrogens with one attached hydrogen (secondary N) is 5. The Hall–Kier alpha value is -4.81. The minimum Gasteiger partial charge on any atom is -0.506 e. The molecule has 13 heteroatoms. The van der Waals surface area contributed by atoms with Crippen LogP contribution in [0.3, 0.4) is 0 Å². The van der Waals surface area contributed by atoms with E-state index < -0.39 is 6.03 Å². The minimum atomic E-state index is -0.633. The largest absolute Gasteiger partial charge is 0.506 e. The van der Waals surface area contributed by atoms with Crippen LogP contribution in [0.2, 0.25) is 5.02 Å². The zero-order chi connectivity index (χ0) is 32.8. The van der Waals surface area contributed by atoms with Crippen LogP contribution in [0.5, 0.6) is 17.2 Å². The molecular formula is C30H43ClN8O4. The smallest absolute Gasteiger partial charge is 0.337 e. The lowest BCUT2D eigenvalue weighted by Gasteiger charge is -2.14. The first-order chi connectivity index (χ1) is 20.7. The number of phenolic OH excluding ortho intramolecular Hbond substituents is 1. The van der Waals surface area contributed by atoms with Crippen molar-refractivity contribution >= 4 is 46.8 Å². The summed E-state index contributed by atoms with van der Waals surface area (Å²) in [6.45, 7) is 14.0. The van der Waals surface area contributed by atoms with E-state index in [0.29, 0.717) is 27.9 Å². The topological polar surface area (TPSA) is 175 Å². The van der Waals surface area contributed by atoms with Gasteiger partial charge in [0.1, 0.15) is 22.9 Å². The van der Waals surface area contributed by atoms with Crippen LogP contribution in [0.15, 0.2) is 66.4 Å². The third-order valence-corrected chi connectivity index (χ3v) is 5.20. The van der Waals surface area contributed by atoms with Crippen LogP contribution in [0.1, 0.15) is 43.7 Å². The second-order valence-corrected chi connectivity index (χ2v) is 8.11. The molecule has 1 heterocycles. The maximum absolute atomic E-state index is 12.2. The minimum absolute atomic E-state index is 0.128. The van der Waals surface area contributed by atoms with Crippen LogP contribution in [0.25, 0.3) is 0 Å². The first kappa shape index (κ1) is 38.2. The van der Waals surface area contributed by atoms with Crippen LogP contribution in [0, 0.1) is 6.92 Å². The van der Waals surface area contributed by atoms with Crippen LogP contribution < -0.4 is 37.3 Å². The highest BCUT2D eigenvalue weighted by Gasteiger charge is 2.11. The van der Waals surface area contributed by atoms with E-state index in [-0.39, 0.29) is 23.0 Å². The van der Waals surface area contributed by atoms with Gasteiger partial charge >= 0.3 is 6.03 Å². The van der Waals surface area contributed by atoms with Gasteiger partial charge in [0.05, 0.1) is 17.1 Å². The van der Waals surface area contributed by atoms with Gasteiger partial charge in [-0.05, 0) is 49.9 Å². The molecule has 12 nitrogen and oxygen atoms in total.